The van der Waals surface area contributed by atoms with Gasteiger partial charge in [0, 0.05) is 6.04 Å². The zero-order valence-corrected chi connectivity index (χ0v) is 12.3. The molecule has 0 unspecified atom stereocenters. The fourth-order valence-corrected chi connectivity index (χ4v) is 3.63. The summed E-state index contributed by atoms with van der Waals surface area (Å²) in [4.78, 5) is -0.348. The van der Waals surface area contributed by atoms with E-state index in [4.69, 9.17) is 0 Å². The Morgan fingerprint density at radius 3 is 2.43 bits per heavy atom. The van der Waals surface area contributed by atoms with Crippen LogP contribution in [-0.4, -0.2) is 27.5 Å². The van der Waals surface area contributed by atoms with E-state index < -0.39 is 21.8 Å². The van der Waals surface area contributed by atoms with Gasteiger partial charge >= 0.3 is 6.18 Å². The molecule has 118 valence electrons. The summed E-state index contributed by atoms with van der Waals surface area (Å²) in [6, 6.07) is 2.83. The number of rotatable bonds is 3. The van der Waals surface area contributed by atoms with E-state index in [1.807, 2.05) is 0 Å². The third kappa shape index (κ3) is 3.96. The van der Waals surface area contributed by atoms with Gasteiger partial charge in [0.1, 0.15) is 0 Å². The zero-order chi connectivity index (χ0) is 15.7. The fourth-order valence-electron chi connectivity index (χ4n) is 2.30. The molecule has 4 nitrogen and oxygen atoms in total. The van der Waals surface area contributed by atoms with E-state index in [9.17, 15) is 21.6 Å². The van der Waals surface area contributed by atoms with Crippen molar-refractivity contribution in [1.82, 2.24) is 10.0 Å². The summed E-state index contributed by atoms with van der Waals surface area (Å²) in [7, 11) is -3.94. The fraction of sp³-hybridized carbons (Fsp3) is 0.538. The molecule has 0 spiro atoms. The van der Waals surface area contributed by atoms with Crippen LogP contribution in [0.5, 0.6) is 0 Å². The van der Waals surface area contributed by atoms with E-state index >= 15 is 0 Å². The number of aryl methyl sites for hydroxylation is 1. The summed E-state index contributed by atoms with van der Waals surface area (Å²) >= 11 is 0. The molecular formula is C13H17F3N2O2S. The van der Waals surface area contributed by atoms with Gasteiger partial charge in [-0.05, 0) is 50.6 Å². The minimum absolute atomic E-state index is 0.00307. The van der Waals surface area contributed by atoms with E-state index in [0.717, 1.165) is 0 Å². The molecule has 0 atom stereocenters. The first kappa shape index (κ1) is 16.3. The maximum atomic E-state index is 12.9. The second-order valence-corrected chi connectivity index (χ2v) is 6.83. The van der Waals surface area contributed by atoms with Crippen LogP contribution in [0.4, 0.5) is 13.2 Å². The van der Waals surface area contributed by atoms with Crippen LogP contribution in [0, 0.1) is 6.92 Å². The highest BCUT2D eigenvalue weighted by Crippen LogP contribution is 2.33. The third-order valence-electron chi connectivity index (χ3n) is 3.49. The molecule has 2 rings (SSSR count). The van der Waals surface area contributed by atoms with Crippen LogP contribution >= 0.6 is 0 Å². The summed E-state index contributed by atoms with van der Waals surface area (Å²) in [5.74, 6) is 0. The van der Waals surface area contributed by atoms with E-state index in [1.165, 1.54) is 19.1 Å². The van der Waals surface area contributed by atoms with Gasteiger partial charge in [-0.2, -0.15) is 13.2 Å². The largest absolute Gasteiger partial charge is 0.416 e. The van der Waals surface area contributed by atoms with E-state index in [-0.39, 0.29) is 16.5 Å². The zero-order valence-electron chi connectivity index (χ0n) is 11.5. The quantitative estimate of drug-likeness (QED) is 0.895. The summed E-state index contributed by atoms with van der Waals surface area (Å²) in [6.07, 6.45) is -3.32. The molecule has 0 aliphatic carbocycles. The molecule has 1 aliphatic rings. The van der Waals surface area contributed by atoms with Crippen LogP contribution in [0.1, 0.15) is 24.0 Å². The number of sulfonamides is 1. The van der Waals surface area contributed by atoms with Gasteiger partial charge in [-0.3, -0.25) is 0 Å². The number of nitrogens with one attached hydrogen (secondary N) is 2. The number of alkyl halides is 3. The topological polar surface area (TPSA) is 58.2 Å². The first-order valence-corrected chi connectivity index (χ1v) is 8.09. The minimum Gasteiger partial charge on any atom is -0.317 e. The summed E-state index contributed by atoms with van der Waals surface area (Å²) in [5.41, 5.74) is -0.918. The second kappa shape index (κ2) is 5.94. The molecule has 0 aromatic heterocycles. The lowest BCUT2D eigenvalue weighted by Crippen LogP contribution is -2.42. The van der Waals surface area contributed by atoms with Crippen LogP contribution in [0.15, 0.2) is 23.1 Å². The molecule has 1 aromatic carbocycles. The lowest BCUT2D eigenvalue weighted by Gasteiger charge is -2.23. The Balaban J connectivity index is 2.27. The van der Waals surface area contributed by atoms with Gasteiger partial charge in [-0.15, -0.1) is 0 Å². The van der Waals surface area contributed by atoms with Crippen LogP contribution in [-0.2, 0) is 16.2 Å². The Kier molecular flexibility index (Phi) is 4.60. The van der Waals surface area contributed by atoms with Gasteiger partial charge in [-0.25, -0.2) is 13.1 Å². The van der Waals surface area contributed by atoms with Gasteiger partial charge in [0.05, 0.1) is 10.5 Å². The summed E-state index contributed by atoms with van der Waals surface area (Å²) in [5, 5.41) is 3.09. The van der Waals surface area contributed by atoms with E-state index in [0.29, 0.717) is 32.0 Å². The van der Waals surface area contributed by atoms with Crippen molar-refractivity contribution in [3.05, 3.63) is 29.3 Å². The van der Waals surface area contributed by atoms with Crippen LogP contribution < -0.4 is 10.0 Å². The van der Waals surface area contributed by atoms with Crippen LogP contribution in [0.2, 0.25) is 0 Å². The SMILES string of the molecule is Cc1ccc(S(=O)(=O)NC2CCNCC2)cc1C(F)(F)F. The lowest BCUT2D eigenvalue weighted by atomic mass is 10.1. The first-order valence-electron chi connectivity index (χ1n) is 6.61. The number of piperidine rings is 1. The van der Waals surface area contributed by atoms with Crippen molar-refractivity contribution in [2.24, 2.45) is 0 Å². The molecule has 1 aliphatic heterocycles. The van der Waals surface area contributed by atoms with Crippen LogP contribution in [0.3, 0.4) is 0 Å². The highest BCUT2D eigenvalue weighted by molar-refractivity contribution is 7.89. The third-order valence-corrected chi connectivity index (χ3v) is 5.00. The highest BCUT2D eigenvalue weighted by Gasteiger charge is 2.34. The molecule has 0 amide bonds. The van der Waals surface area contributed by atoms with Gasteiger partial charge in [0.15, 0.2) is 0 Å². The lowest BCUT2D eigenvalue weighted by molar-refractivity contribution is -0.138. The molecule has 21 heavy (non-hydrogen) atoms. The Morgan fingerprint density at radius 1 is 1.24 bits per heavy atom. The molecule has 1 aromatic rings. The predicted octanol–water partition coefficient (Wildman–Crippen LogP) is 2.04. The number of halogens is 3. The Morgan fingerprint density at radius 2 is 1.86 bits per heavy atom. The number of hydrogen-bond acceptors (Lipinski definition) is 3. The Hall–Kier alpha value is -1.12. The number of benzene rings is 1. The summed E-state index contributed by atoms with van der Waals surface area (Å²) < 4.78 is 65.4. The summed E-state index contributed by atoms with van der Waals surface area (Å²) in [6.45, 7) is 2.68. The first-order chi connectivity index (χ1) is 9.70. The number of hydrogen-bond donors (Lipinski definition) is 2. The predicted molar refractivity (Wildman–Crippen MR) is 72.4 cm³/mol. The standard InChI is InChI=1S/C13H17F3N2O2S/c1-9-2-3-11(8-12(9)13(14,15)16)21(19,20)18-10-4-6-17-7-5-10/h2-3,8,10,17-18H,4-7H2,1H3. The molecule has 1 saturated heterocycles. The monoisotopic (exact) mass is 322 g/mol. The molecule has 0 radical (unpaired) electrons. The molecule has 0 bridgehead atoms. The van der Waals surface area contributed by atoms with Crippen molar-refractivity contribution in [2.45, 2.75) is 36.9 Å². The van der Waals surface area contributed by atoms with Crippen molar-refractivity contribution in [1.29, 1.82) is 0 Å². The van der Waals surface area contributed by atoms with Crippen molar-refractivity contribution in [3.8, 4) is 0 Å². The smallest absolute Gasteiger partial charge is 0.317 e. The molecule has 8 heteroatoms. The molecular weight excluding hydrogens is 305 g/mol. The highest BCUT2D eigenvalue weighted by atomic mass is 32.2. The van der Waals surface area contributed by atoms with Crippen molar-refractivity contribution in [2.75, 3.05) is 13.1 Å². The normalized spacial score (nSPS) is 17.9. The molecule has 1 heterocycles. The van der Waals surface area contributed by atoms with Gasteiger partial charge < -0.3 is 5.32 Å². The minimum atomic E-state index is -4.57. The van der Waals surface area contributed by atoms with Gasteiger partial charge in [0.2, 0.25) is 10.0 Å². The second-order valence-electron chi connectivity index (χ2n) is 5.12. The molecule has 0 saturated carbocycles. The van der Waals surface area contributed by atoms with Crippen LogP contribution in [0.25, 0.3) is 0 Å². The van der Waals surface area contributed by atoms with Crippen molar-refractivity contribution in [3.63, 3.8) is 0 Å². The van der Waals surface area contributed by atoms with Crippen molar-refractivity contribution < 1.29 is 21.6 Å². The van der Waals surface area contributed by atoms with Crippen molar-refractivity contribution >= 4 is 10.0 Å². The van der Waals surface area contributed by atoms with E-state index in [2.05, 4.69) is 10.0 Å². The Labute approximate surface area is 121 Å². The molecule has 1 fully saturated rings. The maximum absolute atomic E-state index is 12.9. The average Bonchev–Trinajstić information content (AvgIpc) is 2.38. The average molecular weight is 322 g/mol. The Bertz CT molecular complexity index is 608. The maximum Gasteiger partial charge on any atom is 0.416 e. The van der Waals surface area contributed by atoms with Gasteiger partial charge in [0.25, 0.3) is 0 Å². The van der Waals surface area contributed by atoms with E-state index in [1.54, 1.807) is 0 Å². The van der Waals surface area contributed by atoms with Gasteiger partial charge in [-0.1, -0.05) is 6.07 Å². The molecule has 2 N–H and O–H groups in total.